The molecule has 208 valence electrons. The third kappa shape index (κ3) is 7.93. The van der Waals surface area contributed by atoms with E-state index in [1.54, 1.807) is 37.3 Å². The average molecular weight is 550 g/mol. The molecule has 0 bridgehead atoms. The van der Waals surface area contributed by atoms with Gasteiger partial charge in [-0.1, -0.05) is 73.7 Å². The van der Waals surface area contributed by atoms with Crippen LogP contribution in [0.15, 0.2) is 89.8 Å². The Bertz CT molecular complexity index is 1350. The number of para-hydroxylation sites is 1. The summed E-state index contributed by atoms with van der Waals surface area (Å²) in [5.41, 5.74) is 1.79. The molecule has 0 aromatic heterocycles. The van der Waals surface area contributed by atoms with E-state index < -0.39 is 34.1 Å². The van der Waals surface area contributed by atoms with Crippen molar-refractivity contribution in [2.45, 2.75) is 63.9 Å². The van der Waals surface area contributed by atoms with Gasteiger partial charge < -0.3 is 10.2 Å². The molecule has 0 saturated heterocycles. The first kappa shape index (κ1) is 29.9. The molecule has 0 fully saturated rings. The molecule has 39 heavy (non-hydrogen) atoms. The monoisotopic (exact) mass is 549 g/mol. The third-order valence-electron chi connectivity index (χ3n) is 6.40. The maximum atomic E-state index is 14.0. The van der Waals surface area contributed by atoms with E-state index >= 15 is 0 Å². The predicted octanol–water partition coefficient (Wildman–Crippen LogP) is 4.82. The summed E-state index contributed by atoms with van der Waals surface area (Å²) in [6, 6.07) is 24.2. The number of hydrogen-bond donors (Lipinski definition) is 1. The van der Waals surface area contributed by atoms with Crippen LogP contribution in [-0.2, 0) is 32.5 Å². The SMILES string of the molecule is CCc1ccccc1N(CC(=O)N(CCc1ccccc1)[C@H](C)C(=O)NC(C)(C)C)S(=O)(=O)c1ccccc1. The Balaban J connectivity index is 2.01. The highest BCUT2D eigenvalue weighted by atomic mass is 32.2. The normalized spacial score (nSPS) is 12.4. The lowest BCUT2D eigenvalue weighted by atomic mass is 10.1. The van der Waals surface area contributed by atoms with E-state index in [1.807, 2.05) is 70.2 Å². The fraction of sp³-hybridized carbons (Fsp3) is 0.355. The molecule has 0 aliphatic rings. The Labute approximate surface area is 232 Å². The number of sulfonamides is 1. The molecule has 2 amide bonds. The van der Waals surface area contributed by atoms with Crippen molar-refractivity contribution in [1.29, 1.82) is 0 Å². The molecule has 0 radical (unpaired) electrons. The predicted molar refractivity (Wildman–Crippen MR) is 156 cm³/mol. The van der Waals surface area contributed by atoms with Gasteiger partial charge in [0.25, 0.3) is 10.0 Å². The van der Waals surface area contributed by atoms with Gasteiger partial charge in [0, 0.05) is 12.1 Å². The third-order valence-corrected chi connectivity index (χ3v) is 8.17. The van der Waals surface area contributed by atoms with Crippen LogP contribution < -0.4 is 9.62 Å². The van der Waals surface area contributed by atoms with Gasteiger partial charge in [-0.15, -0.1) is 0 Å². The molecular formula is C31H39N3O4S. The molecule has 0 heterocycles. The van der Waals surface area contributed by atoms with E-state index in [0.717, 1.165) is 11.1 Å². The standard InChI is InChI=1S/C31H39N3O4S/c1-6-26-17-13-14-20-28(26)34(39(37,38)27-18-11-8-12-19-27)23-29(35)33(22-21-25-15-9-7-10-16-25)24(2)30(36)32-31(3,4)5/h7-20,24H,6,21-23H2,1-5H3,(H,32,36)/t24-/m1/s1. The van der Waals surface area contributed by atoms with E-state index in [0.29, 0.717) is 18.5 Å². The van der Waals surface area contributed by atoms with Gasteiger partial charge in [-0.25, -0.2) is 8.42 Å². The van der Waals surface area contributed by atoms with Crippen molar-refractivity contribution in [3.05, 3.63) is 96.1 Å². The zero-order valence-corrected chi connectivity index (χ0v) is 24.2. The lowest BCUT2D eigenvalue weighted by Crippen LogP contribution is -2.55. The second kappa shape index (κ2) is 12.9. The van der Waals surface area contributed by atoms with E-state index in [-0.39, 0.29) is 17.3 Å². The molecule has 0 saturated carbocycles. The quantitative estimate of drug-likeness (QED) is 0.372. The number of hydrogen-bond acceptors (Lipinski definition) is 4. The molecule has 1 atom stereocenters. The smallest absolute Gasteiger partial charge is 0.264 e. The maximum Gasteiger partial charge on any atom is 0.264 e. The Morgan fingerprint density at radius 3 is 2.03 bits per heavy atom. The van der Waals surface area contributed by atoms with Crippen LogP contribution in [-0.4, -0.2) is 49.8 Å². The summed E-state index contributed by atoms with van der Waals surface area (Å²) < 4.78 is 29.0. The van der Waals surface area contributed by atoms with Crippen LogP contribution in [0.4, 0.5) is 5.69 Å². The van der Waals surface area contributed by atoms with Gasteiger partial charge >= 0.3 is 0 Å². The Morgan fingerprint density at radius 2 is 1.44 bits per heavy atom. The van der Waals surface area contributed by atoms with Gasteiger partial charge in [0.05, 0.1) is 10.6 Å². The number of amides is 2. The zero-order chi connectivity index (χ0) is 28.6. The second-order valence-corrected chi connectivity index (χ2v) is 12.4. The topological polar surface area (TPSA) is 86.8 Å². The van der Waals surface area contributed by atoms with Crippen LogP contribution in [0.5, 0.6) is 0 Å². The Kier molecular flexibility index (Phi) is 9.92. The average Bonchev–Trinajstić information content (AvgIpc) is 2.91. The number of aryl methyl sites for hydroxylation is 1. The highest BCUT2D eigenvalue weighted by molar-refractivity contribution is 7.92. The molecule has 3 rings (SSSR count). The van der Waals surface area contributed by atoms with Gasteiger partial charge in [-0.2, -0.15) is 0 Å². The van der Waals surface area contributed by atoms with Gasteiger partial charge in [0.2, 0.25) is 11.8 Å². The Hall–Kier alpha value is -3.65. The maximum absolute atomic E-state index is 14.0. The van der Waals surface area contributed by atoms with Crippen molar-refractivity contribution in [1.82, 2.24) is 10.2 Å². The van der Waals surface area contributed by atoms with Crippen molar-refractivity contribution in [2.24, 2.45) is 0 Å². The molecular weight excluding hydrogens is 510 g/mol. The van der Waals surface area contributed by atoms with Crippen molar-refractivity contribution in [2.75, 3.05) is 17.4 Å². The number of carbonyl (C=O) groups excluding carboxylic acids is 2. The van der Waals surface area contributed by atoms with Gasteiger partial charge in [-0.3, -0.25) is 13.9 Å². The van der Waals surface area contributed by atoms with Crippen LogP contribution in [0, 0.1) is 0 Å². The summed E-state index contributed by atoms with van der Waals surface area (Å²) in [6.07, 6.45) is 1.12. The summed E-state index contributed by atoms with van der Waals surface area (Å²) in [7, 11) is -4.07. The number of nitrogens with one attached hydrogen (secondary N) is 1. The number of rotatable bonds is 11. The van der Waals surface area contributed by atoms with E-state index in [2.05, 4.69) is 5.32 Å². The number of carbonyl (C=O) groups is 2. The minimum Gasteiger partial charge on any atom is -0.350 e. The number of benzene rings is 3. The van der Waals surface area contributed by atoms with Gasteiger partial charge in [0.1, 0.15) is 12.6 Å². The minimum atomic E-state index is -4.07. The van der Waals surface area contributed by atoms with Crippen LogP contribution in [0.1, 0.15) is 45.7 Å². The summed E-state index contributed by atoms with van der Waals surface area (Å²) in [6.45, 7) is 9.09. The molecule has 0 aliphatic carbocycles. The highest BCUT2D eigenvalue weighted by Crippen LogP contribution is 2.28. The molecule has 7 nitrogen and oxygen atoms in total. The van der Waals surface area contributed by atoms with Crippen LogP contribution in [0.2, 0.25) is 0 Å². The molecule has 3 aromatic rings. The first-order chi connectivity index (χ1) is 18.4. The lowest BCUT2D eigenvalue weighted by Gasteiger charge is -2.34. The molecule has 0 spiro atoms. The van der Waals surface area contributed by atoms with Gasteiger partial charge in [-0.05, 0) is 69.9 Å². The van der Waals surface area contributed by atoms with Crippen LogP contribution >= 0.6 is 0 Å². The van der Waals surface area contributed by atoms with E-state index in [4.69, 9.17) is 0 Å². The number of anilines is 1. The summed E-state index contributed by atoms with van der Waals surface area (Å²) in [5, 5.41) is 2.95. The second-order valence-electron chi connectivity index (χ2n) is 10.5. The van der Waals surface area contributed by atoms with Crippen molar-refractivity contribution >= 4 is 27.5 Å². The van der Waals surface area contributed by atoms with E-state index in [1.165, 1.54) is 21.3 Å². The van der Waals surface area contributed by atoms with Gasteiger partial charge in [0.15, 0.2) is 0 Å². The molecule has 8 heteroatoms. The first-order valence-corrected chi connectivity index (χ1v) is 14.7. The summed E-state index contributed by atoms with van der Waals surface area (Å²) >= 11 is 0. The summed E-state index contributed by atoms with van der Waals surface area (Å²) in [4.78, 5) is 28.7. The van der Waals surface area contributed by atoms with Crippen molar-refractivity contribution in [3.63, 3.8) is 0 Å². The highest BCUT2D eigenvalue weighted by Gasteiger charge is 2.33. The molecule has 3 aromatic carbocycles. The fourth-order valence-corrected chi connectivity index (χ4v) is 5.80. The molecule has 0 unspecified atom stereocenters. The minimum absolute atomic E-state index is 0.0954. The molecule has 1 N–H and O–H groups in total. The van der Waals surface area contributed by atoms with Crippen molar-refractivity contribution < 1.29 is 18.0 Å². The number of nitrogens with zero attached hydrogens (tertiary/aromatic N) is 2. The molecule has 0 aliphatic heterocycles. The zero-order valence-electron chi connectivity index (χ0n) is 23.4. The summed E-state index contributed by atoms with van der Waals surface area (Å²) in [5.74, 6) is -0.747. The fourth-order valence-electron chi connectivity index (χ4n) is 4.33. The van der Waals surface area contributed by atoms with Crippen LogP contribution in [0.3, 0.4) is 0 Å². The lowest BCUT2D eigenvalue weighted by molar-refractivity contribution is -0.139. The van der Waals surface area contributed by atoms with Crippen LogP contribution in [0.25, 0.3) is 0 Å². The van der Waals surface area contributed by atoms with Crippen molar-refractivity contribution in [3.8, 4) is 0 Å². The van der Waals surface area contributed by atoms with E-state index in [9.17, 15) is 18.0 Å². The largest absolute Gasteiger partial charge is 0.350 e. The Morgan fingerprint density at radius 1 is 0.872 bits per heavy atom. The first-order valence-electron chi connectivity index (χ1n) is 13.2.